The number of nitrogens with one attached hydrogen (secondary N) is 1. The molecule has 3 aromatic rings. The molecule has 126 valence electrons. The molecule has 8 heteroatoms. The third kappa shape index (κ3) is 2.60. The highest BCUT2D eigenvalue weighted by Gasteiger charge is 2.19. The molecule has 24 heavy (non-hydrogen) atoms. The lowest BCUT2D eigenvalue weighted by Crippen LogP contribution is -2.17. The van der Waals surface area contributed by atoms with Crippen molar-refractivity contribution in [3.8, 4) is 0 Å². The lowest BCUT2D eigenvalue weighted by molar-refractivity contribution is -0.120. The molecular weight excluding hydrogens is 332 g/mol. The highest BCUT2D eigenvalue weighted by atomic mass is 35.5. The number of amides is 1. The molecule has 2 aromatic heterocycles. The van der Waals surface area contributed by atoms with Gasteiger partial charge >= 0.3 is 0 Å². The fourth-order valence-electron chi connectivity index (χ4n) is 2.88. The summed E-state index contributed by atoms with van der Waals surface area (Å²) < 4.78 is 2.43. The van der Waals surface area contributed by atoms with Crippen LogP contribution in [0.5, 0.6) is 0 Å². The molecule has 0 saturated carbocycles. The van der Waals surface area contributed by atoms with Crippen LogP contribution in [-0.2, 0) is 18.3 Å². The molecular formula is C16H17ClN4O3. The minimum absolute atomic E-state index is 0.0629. The van der Waals surface area contributed by atoms with E-state index < -0.39 is 0 Å². The summed E-state index contributed by atoms with van der Waals surface area (Å²) >= 11 is 5.98. The summed E-state index contributed by atoms with van der Waals surface area (Å²) in [5.74, 6) is -0.0629. The smallest absolute Gasteiger partial charge is 0.219 e. The molecule has 0 radical (unpaired) electrons. The van der Waals surface area contributed by atoms with Crippen LogP contribution in [0.1, 0.15) is 18.5 Å². The molecule has 2 N–H and O–H groups in total. The van der Waals surface area contributed by atoms with Gasteiger partial charge in [-0.25, -0.2) is 4.68 Å². The van der Waals surface area contributed by atoms with E-state index in [4.69, 9.17) is 11.6 Å². The fourth-order valence-corrected chi connectivity index (χ4v) is 3.06. The van der Waals surface area contributed by atoms with Crippen LogP contribution in [0.25, 0.3) is 21.9 Å². The summed E-state index contributed by atoms with van der Waals surface area (Å²) in [5.41, 5.74) is 1.03. The van der Waals surface area contributed by atoms with Gasteiger partial charge in [0.1, 0.15) is 0 Å². The first-order valence-corrected chi connectivity index (χ1v) is 7.91. The number of nitrogens with zero attached hydrogens (tertiary/aromatic N) is 3. The first kappa shape index (κ1) is 16.3. The number of pyridine rings is 1. The second kappa shape index (κ2) is 6.16. The average molecular weight is 349 g/mol. The Morgan fingerprint density at radius 1 is 1.42 bits per heavy atom. The monoisotopic (exact) mass is 348 g/mol. The van der Waals surface area contributed by atoms with Gasteiger partial charge in [-0.05, 0) is 31.0 Å². The number of halogens is 1. The maximum absolute atomic E-state index is 12.9. The molecule has 0 aliphatic heterocycles. The van der Waals surface area contributed by atoms with Crippen molar-refractivity contribution >= 4 is 39.4 Å². The summed E-state index contributed by atoms with van der Waals surface area (Å²) in [7, 11) is 3.25. The molecule has 0 bridgehead atoms. The molecule has 0 saturated heterocycles. The number of benzene rings is 1. The van der Waals surface area contributed by atoms with Crippen LogP contribution < -0.4 is 10.7 Å². The molecule has 3 rings (SSSR count). The van der Waals surface area contributed by atoms with Crippen LogP contribution in [0, 0.1) is 0 Å². The third-order valence-corrected chi connectivity index (χ3v) is 4.28. The van der Waals surface area contributed by atoms with E-state index in [1.54, 1.807) is 26.2 Å². The second-order valence-electron chi connectivity index (χ2n) is 5.60. The lowest BCUT2D eigenvalue weighted by atomic mass is 10.1. The number of hydrogen-bond acceptors (Lipinski definition) is 4. The van der Waals surface area contributed by atoms with Gasteiger partial charge in [0.2, 0.25) is 11.3 Å². The van der Waals surface area contributed by atoms with Crippen molar-refractivity contribution in [1.29, 1.82) is 0 Å². The van der Waals surface area contributed by atoms with E-state index in [1.807, 2.05) is 0 Å². The van der Waals surface area contributed by atoms with Crippen LogP contribution in [0.4, 0.5) is 0 Å². The normalized spacial score (nSPS) is 11.3. The number of carbonyl (C=O) groups is 1. The molecule has 1 amide bonds. The van der Waals surface area contributed by atoms with Gasteiger partial charge in [-0.15, -0.1) is 0 Å². The Hall–Kier alpha value is -2.54. The first-order chi connectivity index (χ1) is 11.4. The number of rotatable bonds is 4. The van der Waals surface area contributed by atoms with Gasteiger partial charge in [-0.3, -0.25) is 9.59 Å². The van der Waals surface area contributed by atoms with Crippen LogP contribution >= 0.6 is 11.6 Å². The van der Waals surface area contributed by atoms with Gasteiger partial charge in [0.25, 0.3) is 0 Å². The zero-order valence-electron chi connectivity index (χ0n) is 13.3. The van der Waals surface area contributed by atoms with Gasteiger partial charge < -0.3 is 10.5 Å². The second-order valence-corrected chi connectivity index (χ2v) is 6.03. The first-order valence-electron chi connectivity index (χ1n) is 7.53. The maximum atomic E-state index is 12.9. The van der Waals surface area contributed by atoms with Crippen molar-refractivity contribution in [2.75, 3.05) is 7.05 Å². The van der Waals surface area contributed by atoms with E-state index >= 15 is 0 Å². The fraction of sp³-hybridized carbons (Fsp3) is 0.312. The highest BCUT2D eigenvalue weighted by molar-refractivity contribution is 6.31. The van der Waals surface area contributed by atoms with Gasteiger partial charge in [0.05, 0.1) is 22.0 Å². The SMILES string of the molecule is CNC(=O)CCCc1nn(C)c2c1c(=O)c1cc(Cl)ccc1n2O. The Balaban J connectivity index is 2.17. The van der Waals surface area contributed by atoms with E-state index in [0.717, 1.165) is 4.73 Å². The minimum Gasteiger partial charge on any atom is -0.426 e. The van der Waals surface area contributed by atoms with E-state index in [9.17, 15) is 14.8 Å². The number of fused-ring (bicyclic) bond motifs is 2. The predicted molar refractivity (Wildman–Crippen MR) is 91.7 cm³/mol. The Morgan fingerprint density at radius 3 is 2.88 bits per heavy atom. The quantitative estimate of drug-likeness (QED) is 0.704. The molecule has 2 heterocycles. The molecule has 0 aliphatic carbocycles. The third-order valence-electron chi connectivity index (χ3n) is 4.04. The summed E-state index contributed by atoms with van der Waals surface area (Å²) in [6.45, 7) is 0. The van der Waals surface area contributed by atoms with E-state index in [1.165, 1.54) is 10.7 Å². The number of carbonyl (C=O) groups excluding carboxylic acids is 1. The van der Waals surface area contributed by atoms with Crippen LogP contribution in [0.2, 0.25) is 5.02 Å². The van der Waals surface area contributed by atoms with Crippen molar-refractivity contribution in [1.82, 2.24) is 19.8 Å². The molecule has 0 unspecified atom stereocenters. The number of aromatic nitrogens is 3. The maximum Gasteiger partial charge on any atom is 0.219 e. The largest absolute Gasteiger partial charge is 0.426 e. The summed E-state index contributed by atoms with van der Waals surface area (Å²) in [6, 6.07) is 4.74. The van der Waals surface area contributed by atoms with Crippen molar-refractivity contribution in [2.45, 2.75) is 19.3 Å². The van der Waals surface area contributed by atoms with Gasteiger partial charge in [-0.2, -0.15) is 9.83 Å². The Kier molecular flexibility index (Phi) is 4.19. The topological polar surface area (TPSA) is 89.2 Å². The summed E-state index contributed by atoms with van der Waals surface area (Å²) in [5, 5.41) is 18.5. The molecule has 1 aromatic carbocycles. The average Bonchev–Trinajstić information content (AvgIpc) is 2.89. The van der Waals surface area contributed by atoms with Crippen molar-refractivity contribution in [3.05, 3.63) is 39.1 Å². The molecule has 0 aliphatic rings. The lowest BCUT2D eigenvalue weighted by Gasteiger charge is -2.07. The van der Waals surface area contributed by atoms with Crippen LogP contribution in [0.3, 0.4) is 0 Å². The van der Waals surface area contributed by atoms with Gasteiger partial charge in [0.15, 0.2) is 5.65 Å². The minimum atomic E-state index is -0.226. The molecule has 7 nitrogen and oxygen atoms in total. The highest BCUT2D eigenvalue weighted by Crippen LogP contribution is 2.23. The van der Waals surface area contributed by atoms with E-state index in [0.29, 0.717) is 51.9 Å². The zero-order valence-corrected chi connectivity index (χ0v) is 14.1. The van der Waals surface area contributed by atoms with Crippen molar-refractivity contribution < 1.29 is 10.0 Å². The summed E-state index contributed by atoms with van der Waals surface area (Å²) in [6.07, 6.45) is 1.37. The Bertz CT molecular complexity index is 1010. The van der Waals surface area contributed by atoms with E-state index in [-0.39, 0.29) is 11.3 Å². The van der Waals surface area contributed by atoms with Crippen LogP contribution in [-0.4, -0.2) is 32.7 Å². The molecule has 0 spiro atoms. The zero-order chi connectivity index (χ0) is 17.4. The van der Waals surface area contributed by atoms with Gasteiger partial charge in [-0.1, -0.05) is 11.6 Å². The van der Waals surface area contributed by atoms with Crippen LogP contribution in [0.15, 0.2) is 23.0 Å². The molecule has 0 atom stereocenters. The number of aryl methyl sites for hydroxylation is 2. The number of hydrogen-bond donors (Lipinski definition) is 2. The van der Waals surface area contributed by atoms with Crippen molar-refractivity contribution in [3.63, 3.8) is 0 Å². The van der Waals surface area contributed by atoms with Crippen molar-refractivity contribution in [2.24, 2.45) is 7.05 Å². The van der Waals surface area contributed by atoms with E-state index in [2.05, 4.69) is 10.4 Å². The predicted octanol–water partition coefficient (Wildman–Crippen LogP) is 1.85. The standard InChI is InChI=1S/C16H17ClN4O3/c1-18-13(22)5-3-4-11-14-15(23)10-8-9(17)6-7-12(10)21(24)16(14)20(2)19-11/h6-8,24H,3-5H2,1-2H3,(H,18,22). The Labute approximate surface area is 142 Å². The van der Waals surface area contributed by atoms with Gasteiger partial charge in [0, 0.05) is 25.5 Å². The summed E-state index contributed by atoms with van der Waals surface area (Å²) in [4.78, 5) is 24.2. The molecule has 0 fully saturated rings. The Morgan fingerprint density at radius 2 is 2.17 bits per heavy atom.